The number of carbonyl (C=O) groups is 2. The van der Waals surface area contributed by atoms with Gasteiger partial charge < -0.3 is 0 Å². The third kappa shape index (κ3) is 1.23. The topological polar surface area (TPSA) is 88.5 Å². The minimum atomic E-state index is -4.25. The van der Waals surface area contributed by atoms with Crippen molar-refractivity contribution in [1.29, 1.82) is 0 Å². The summed E-state index contributed by atoms with van der Waals surface area (Å²) in [5.74, 6) is -2.11. The number of carbonyl (C=O) groups excluding carboxylic acids is 2. The zero-order chi connectivity index (χ0) is 12.4. The molecule has 0 aromatic rings. The number of hydrogen-bond acceptors (Lipinski definition) is 4. The molecule has 2 atom stereocenters. The fourth-order valence-electron chi connectivity index (χ4n) is 3.30. The molecular formula is C10H14O5S. The second kappa shape index (κ2) is 2.92. The Bertz CT molecular complexity index is 475. The summed E-state index contributed by atoms with van der Waals surface area (Å²) in [5, 5.41) is 0. The van der Waals surface area contributed by atoms with Crippen molar-refractivity contribution >= 4 is 21.7 Å². The number of rotatable bonds is 2. The van der Waals surface area contributed by atoms with Gasteiger partial charge in [0.15, 0.2) is 0 Å². The average molecular weight is 246 g/mol. The zero-order valence-corrected chi connectivity index (χ0v) is 10.0. The molecule has 1 N–H and O–H groups in total. The van der Waals surface area contributed by atoms with Gasteiger partial charge in [-0.25, -0.2) is 0 Å². The Morgan fingerprint density at radius 1 is 1.38 bits per heavy atom. The van der Waals surface area contributed by atoms with E-state index < -0.39 is 38.3 Å². The molecule has 90 valence electrons. The van der Waals surface area contributed by atoms with E-state index >= 15 is 0 Å². The van der Waals surface area contributed by atoms with Gasteiger partial charge in [0.25, 0.3) is 10.1 Å². The monoisotopic (exact) mass is 246 g/mol. The number of Topliss-reactive ketones (excluding diaryl/α,β-unsaturated/α-hetero) is 2. The number of ketones is 2. The summed E-state index contributed by atoms with van der Waals surface area (Å²) in [6.07, 6.45) is 0.905. The molecule has 16 heavy (non-hydrogen) atoms. The highest BCUT2D eigenvalue weighted by Gasteiger charge is 2.69. The third-order valence-corrected chi connectivity index (χ3v) is 5.23. The lowest BCUT2D eigenvalue weighted by Crippen LogP contribution is -2.43. The summed E-state index contributed by atoms with van der Waals surface area (Å²) in [4.78, 5) is 23.5. The molecule has 0 radical (unpaired) electrons. The lowest BCUT2D eigenvalue weighted by molar-refractivity contribution is -0.141. The number of fused-ring (bicyclic) bond motifs is 2. The van der Waals surface area contributed by atoms with Gasteiger partial charge in [0, 0.05) is 5.92 Å². The van der Waals surface area contributed by atoms with Gasteiger partial charge in [-0.3, -0.25) is 14.1 Å². The maximum absolute atomic E-state index is 11.9. The lowest BCUT2D eigenvalue weighted by Gasteiger charge is -2.34. The van der Waals surface area contributed by atoms with E-state index in [1.807, 2.05) is 0 Å². The van der Waals surface area contributed by atoms with Crippen LogP contribution in [0.2, 0.25) is 0 Å². The highest BCUT2D eigenvalue weighted by atomic mass is 32.2. The minimum absolute atomic E-state index is 0.370. The fraction of sp³-hybridized carbons (Fsp3) is 0.800. The highest BCUT2D eigenvalue weighted by molar-refractivity contribution is 7.85. The van der Waals surface area contributed by atoms with Gasteiger partial charge in [0.2, 0.25) is 11.6 Å². The number of hydrogen-bond donors (Lipinski definition) is 1. The molecule has 2 saturated carbocycles. The molecule has 2 aliphatic rings. The van der Waals surface area contributed by atoms with Crippen LogP contribution in [0.5, 0.6) is 0 Å². The highest BCUT2D eigenvalue weighted by Crippen LogP contribution is 2.62. The molecule has 0 saturated heterocycles. The average Bonchev–Trinajstić information content (AvgIpc) is 2.39. The van der Waals surface area contributed by atoms with Crippen LogP contribution in [0.1, 0.15) is 26.7 Å². The molecule has 0 aromatic heterocycles. The second-order valence-electron chi connectivity index (χ2n) is 5.31. The van der Waals surface area contributed by atoms with Crippen molar-refractivity contribution in [2.24, 2.45) is 16.7 Å². The molecule has 0 amide bonds. The van der Waals surface area contributed by atoms with Crippen LogP contribution in [0.4, 0.5) is 0 Å². The molecule has 0 heterocycles. The van der Waals surface area contributed by atoms with E-state index in [9.17, 15) is 18.0 Å². The van der Waals surface area contributed by atoms with Crippen molar-refractivity contribution in [3.8, 4) is 0 Å². The Kier molecular flexibility index (Phi) is 2.14. The summed E-state index contributed by atoms with van der Waals surface area (Å²) in [7, 11) is -4.25. The quantitative estimate of drug-likeness (QED) is 0.564. The van der Waals surface area contributed by atoms with Gasteiger partial charge in [0.1, 0.15) is 0 Å². The van der Waals surface area contributed by atoms with Crippen LogP contribution in [-0.4, -0.2) is 30.3 Å². The fourth-order valence-corrected chi connectivity index (χ4v) is 4.57. The molecule has 2 rings (SSSR count). The standard InChI is InChI=1S/C10H14O5S/c1-9(2)6-3-4-10(9,5-16(13,14)15)8(12)7(6)11/h6H,3-5H2,1-2H3,(H,13,14,15)/t6-,10-/m1/s1. The van der Waals surface area contributed by atoms with E-state index in [2.05, 4.69) is 0 Å². The molecule has 2 fully saturated rings. The zero-order valence-electron chi connectivity index (χ0n) is 9.19. The van der Waals surface area contributed by atoms with E-state index in [1.54, 1.807) is 13.8 Å². The van der Waals surface area contributed by atoms with Crippen molar-refractivity contribution in [2.75, 3.05) is 5.75 Å². The summed E-state index contributed by atoms with van der Waals surface area (Å²) in [6.45, 7) is 3.47. The van der Waals surface area contributed by atoms with Crippen LogP contribution < -0.4 is 0 Å². The van der Waals surface area contributed by atoms with E-state index in [-0.39, 0.29) is 5.92 Å². The van der Waals surface area contributed by atoms with Gasteiger partial charge in [-0.15, -0.1) is 0 Å². The molecule has 2 aliphatic carbocycles. The van der Waals surface area contributed by atoms with Gasteiger partial charge in [-0.2, -0.15) is 8.42 Å². The van der Waals surface area contributed by atoms with Crippen molar-refractivity contribution in [1.82, 2.24) is 0 Å². The second-order valence-corrected chi connectivity index (χ2v) is 6.77. The van der Waals surface area contributed by atoms with Crippen LogP contribution in [0.15, 0.2) is 0 Å². The molecule has 0 aliphatic heterocycles. The van der Waals surface area contributed by atoms with Gasteiger partial charge in [0.05, 0.1) is 11.2 Å². The third-order valence-electron chi connectivity index (χ3n) is 4.37. The summed E-state index contributed by atoms with van der Waals surface area (Å²) >= 11 is 0. The maximum atomic E-state index is 11.9. The Labute approximate surface area is 94.0 Å². The van der Waals surface area contributed by atoms with Crippen LogP contribution >= 0.6 is 0 Å². The van der Waals surface area contributed by atoms with Crippen molar-refractivity contribution in [2.45, 2.75) is 26.7 Å². The van der Waals surface area contributed by atoms with Crippen molar-refractivity contribution in [3.63, 3.8) is 0 Å². The Morgan fingerprint density at radius 2 is 1.94 bits per heavy atom. The first-order valence-electron chi connectivity index (χ1n) is 5.16. The first kappa shape index (κ1) is 11.7. The Balaban J connectivity index is 2.54. The van der Waals surface area contributed by atoms with E-state index in [4.69, 9.17) is 4.55 Å². The summed E-state index contributed by atoms with van der Waals surface area (Å²) in [5.41, 5.74) is -1.88. The van der Waals surface area contributed by atoms with E-state index in [1.165, 1.54) is 0 Å². The Hall–Kier alpha value is -0.750. The molecule has 2 bridgehead atoms. The summed E-state index contributed by atoms with van der Waals surface area (Å²) < 4.78 is 30.9. The molecule has 0 aromatic carbocycles. The first-order chi connectivity index (χ1) is 7.12. The smallest absolute Gasteiger partial charge is 0.265 e. The molecule has 0 spiro atoms. The molecule has 0 unspecified atom stereocenters. The summed E-state index contributed by atoms with van der Waals surface area (Å²) in [6, 6.07) is 0. The van der Waals surface area contributed by atoms with Gasteiger partial charge in [-0.05, 0) is 18.3 Å². The van der Waals surface area contributed by atoms with Crippen LogP contribution in [0.25, 0.3) is 0 Å². The van der Waals surface area contributed by atoms with E-state index in [0.717, 1.165) is 0 Å². The predicted octanol–water partition coefficient (Wildman–Crippen LogP) is 0.449. The molecule has 6 heteroatoms. The maximum Gasteiger partial charge on any atom is 0.265 e. The first-order valence-corrected chi connectivity index (χ1v) is 6.76. The van der Waals surface area contributed by atoms with Crippen LogP contribution in [-0.2, 0) is 19.7 Å². The lowest BCUT2D eigenvalue weighted by atomic mass is 9.70. The van der Waals surface area contributed by atoms with Crippen LogP contribution in [0.3, 0.4) is 0 Å². The predicted molar refractivity (Wildman–Crippen MR) is 55.4 cm³/mol. The largest absolute Gasteiger partial charge is 0.291 e. The van der Waals surface area contributed by atoms with Crippen molar-refractivity contribution < 1.29 is 22.6 Å². The SMILES string of the molecule is CC1(C)[C@@H]2CC[C@@]1(CS(=O)(=O)O)C(=O)C2=O. The molecule has 5 nitrogen and oxygen atoms in total. The van der Waals surface area contributed by atoms with Crippen LogP contribution in [0, 0.1) is 16.7 Å². The van der Waals surface area contributed by atoms with Gasteiger partial charge in [-0.1, -0.05) is 13.8 Å². The minimum Gasteiger partial charge on any atom is -0.291 e. The van der Waals surface area contributed by atoms with E-state index in [0.29, 0.717) is 12.8 Å². The normalized spacial score (nSPS) is 37.1. The Morgan fingerprint density at radius 3 is 2.31 bits per heavy atom. The van der Waals surface area contributed by atoms with Gasteiger partial charge >= 0.3 is 0 Å². The molecular weight excluding hydrogens is 232 g/mol. The van der Waals surface area contributed by atoms with Crippen molar-refractivity contribution in [3.05, 3.63) is 0 Å².